The predicted octanol–water partition coefficient (Wildman–Crippen LogP) is 3.31. The summed E-state index contributed by atoms with van der Waals surface area (Å²) in [5.74, 6) is -0.679. The summed E-state index contributed by atoms with van der Waals surface area (Å²) in [5, 5.41) is 0.271. The third-order valence-corrected chi connectivity index (χ3v) is 5.79. The number of carbonyl (C=O) groups excluding carboxylic acids is 2. The number of nitrogens with zero attached hydrogens (tertiary/aromatic N) is 5. The monoisotopic (exact) mass is 471 g/mol. The second-order valence-electron chi connectivity index (χ2n) is 8.41. The summed E-state index contributed by atoms with van der Waals surface area (Å²) in [6.45, 7) is 7.55. The van der Waals surface area contributed by atoms with Gasteiger partial charge in [-0.1, -0.05) is 13.3 Å². The first-order valence-corrected chi connectivity index (χ1v) is 11.9. The molecule has 1 saturated heterocycles. The molecule has 0 aliphatic carbocycles. The molecular weight excluding hydrogens is 434 g/mol. The number of amides is 2. The van der Waals surface area contributed by atoms with Crippen LogP contribution in [0.1, 0.15) is 33.6 Å². The lowest BCUT2D eigenvalue weighted by molar-refractivity contribution is -0.133. The summed E-state index contributed by atoms with van der Waals surface area (Å²) in [7, 11) is 7.86. The molecule has 0 N–H and O–H groups in total. The van der Waals surface area contributed by atoms with Gasteiger partial charge in [0.1, 0.15) is 5.57 Å². The largest absolute Gasteiger partial charge is 0.383 e. The van der Waals surface area contributed by atoms with Crippen molar-refractivity contribution in [1.82, 2.24) is 24.5 Å². The van der Waals surface area contributed by atoms with Gasteiger partial charge in [-0.05, 0) is 62.4 Å². The standard InChI is InChI=1S/C25H37N5O2S/c1-8-11-14-30-20(12-15-26(4)5)17-19(18-21(30)13-16-27(6)7)22-23(31)28(9-2)25(33)29(10-3)24(22)32/h12-13,15-18H,8-11,14H2,1-7H3/b15-12+,16-13+. The molecule has 0 spiro atoms. The zero-order valence-corrected chi connectivity index (χ0v) is 21.8. The summed E-state index contributed by atoms with van der Waals surface area (Å²) < 4.78 is 0. The Labute approximate surface area is 204 Å². The molecule has 0 aromatic carbocycles. The molecule has 180 valence electrons. The van der Waals surface area contributed by atoms with Gasteiger partial charge >= 0.3 is 0 Å². The lowest BCUT2D eigenvalue weighted by Crippen LogP contribution is -2.56. The average Bonchev–Trinajstić information content (AvgIpc) is 2.75. The fraction of sp³-hybridized carbons (Fsp3) is 0.480. The molecule has 0 atom stereocenters. The maximum absolute atomic E-state index is 13.3. The maximum atomic E-state index is 13.3. The SMILES string of the molecule is CCCCN1C(/C=C/N(C)C)=CC(=C2C(=O)N(CC)C(=S)N(CC)C2=O)C=C1/C=C/N(C)C. The second kappa shape index (κ2) is 11.8. The van der Waals surface area contributed by atoms with Crippen LogP contribution in [0.15, 0.2) is 59.2 Å². The number of rotatable bonds is 9. The number of thiocarbonyl (C=S) groups is 1. The van der Waals surface area contributed by atoms with Crippen LogP contribution < -0.4 is 0 Å². The first-order valence-electron chi connectivity index (χ1n) is 11.5. The van der Waals surface area contributed by atoms with Crippen molar-refractivity contribution in [2.45, 2.75) is 33.6 Å². The van der Waals surface area contributed by atoms with E-state index in [1.807, 2.05) is 88.5 Å². The molecule has 2 aliphatic rings. The zero-order valence-electron chi connectivity index (χ0n) is 21.0. The Hall–Kier alpha value is -2.87. The van der Waals surface area contributed by atoms with Crippen molar-refractivity contribution in [1.29, 1.82) is 0 Å². The minimum Gasteiger partial charge on any atom is -0.383 e. The van der Waals surface area contributed by atoms with Crippen molar-refractivity contribution >= 4 is 29.1 Å². The molecule has 33 heavy (non-hydrogen) atoms. The Morgan fingerprint density at radius 1 is 0.818 bits per heavy atom. The predicted molar refractivity (Wildman–Crippen MR) is 138 cm³/mol. The Morgan fingerprint density at radius 3 is 1.64 bits per heavy atom. The van der Waals surface area contributed by atoms with Crippen LogP contribution >= 0.6 is 12.2 Å². The molecule has 0 radical (unpaired) electrons. The third-order valence-electron chi connectivity index (χ3n) is 5.35. The van der Waals surface area contributed by atoms with Crippen LogP contribution in [0.4, 0.5) is 0 Å². The Morgan fingerprint density at radius 2 is 1.27 bits per heavy atom. The van der Waals surface area contributed by atoms with E-state index in [4.69, 9.17) is 12.2 Å². The maximum Gasteiger partial charge on any atom is 0.266 e. The first-order chi connectivity index (χ1) is 15.7. The number of unbranched alkanes of at least 4 members (excludes halogenated alkanes) is 1. The molecule has 7 nitrogen and oxygen atoms in total. The Bertz CT molecular complexity index is 861. The van der Waals surface area contributed by atoms with Crippen molar-refractivity contribution in [2.75, 3.05) is 47.8 Å². The molecule has 0 saturated carbocycles. The molecular formula is C25H37N5O2S. The van der Waals surface area contributed by atoms with Gasteiger partial charge in [0.25, 0.3) is 11.8 Å². The summed E-state index contributed by atoms with van der Waals surface area (Å²) in [4.78, 5) is 35.8. The lowest BCUT2D eigenvalue weighted by Gasteiger charge is -2.37. The minimum absolute atomic E-state index is 0.161. The van der Waals surface area contributed by atoms with E-state index in [0.717, 1.165) is 30.8 Å². The van der Waals surface area contributed by atoms with Crippen molar-refractivity contribution in [3.8, 4) is 0 Å². The van der Waals surface area contributed by atoms with Crippen molar-refractivity contribution in [3.63, 3.8) is 0 Å². The summed E-state index contributed by atoms with van der Waals surface area (Å²) in [6, 6.07) is 0. The van der Waals surface area contributed by atoms with Crippen LogP contribution in [-0.4, -0.2) is 89.3 Å². The fourth-order valence-electron chi connectivity index (χ4n) is 3.60. The highest BCUT2D eigenvalue weighted by Gasteiger charge is 2.39. The molecule has 0 aromatic rings. The van der Waals surface area contributed by atoms with E-state index in [1.54, 1.807) is 0 Å². The molecule has 8 heteroatoms. The Kier molecular flexibility index (Phi) is 9.46. The van der Waals surface area contributed by atoms with Crippen molar-refractivity contribution in [3.05, 3.63) is 59.2 Å². The van der Waals surface area contributed by atoms with Crippen LogP contribution in [0.25, 0.3) is 0 Å². The van der Waals surface area contributed by atoms with E-state index in [-0.39, 0.29) is 22.5 Å². The van der Waals surface area contributed by atoms with E-state index < -0.39 is 0 Å². The summed E-state index contributed by atoms with van der Waals surface area (Å²) in [5.41, 5.74) is 2.63. The van der Waals surface area contributed by atoms with Gasteiger partial charge < -0.3 is 14.7 Å². The number of carbonyl (C=O) groups is 2. The van der Waals surface area contributed by atoms with E-state index >= 15 is 0 Å². The van der Waals surface area contributed by atoms with Gasteiger partial charge in [0, 0.05) is 71.6 Å². The molecule has 2 rings (SSSR count). The van der Waals surface area contributed by atoms with Gasteiger partial charge in [-0.2, -0.15) is 0 Å². The quantitative estimate of drug-likeness (QED) is 0.292. The van der Waals surface area contributed by atoms with Gasteiger partial charge in [0.05, 0.1) is 0 Å². The van der Waals surface area contributed by atoms with Gasteiger partial charge in [-0.3, -0.25) is 19.4 Å². The zero-order chi connectivity index (χ0) is 24.7. The highest BCUT2D eigenvalue weighted by molar-refractivity contribution is 7.80. The number of hydrogen-bond donors (Lipinski definition) is 0. The minimum atomic E-state index is -0.339. The van der Waals surface area contributed by atoms with Crippen LogP contribution in [0.3, 0.4) is 0 Å². The van der Waals surface area contributed by atoms with E-state index in [1.165, 1.54) is 9.80 Å². The summed E-state index contributed by atoms with van der Waals surface area (Å²) in [6.07, 6.45) is 13.9. The van der Waals surface area contributed by atoms with E-state index in [9.17, 15) is 9.59 Å². The third kappa shape index (κ3) is 6.13. The van der Waals surface area contributed by atoms with E-state index in [0.29, 0.717) is 18.7 Å². The van der Waals surface area contributed by atoms with Gasteiger partial charge in [0.2, 0.25) is 0 Å². The molecule has 0 aromatic heterocycles. The van der Waals surface area contributed by atoms with Gasteiger partial charge in [-0.15, -0.1) is 0 Å². The average molecular weight is 472 g/mol. The Balaban J connectivity index is 2.75. The van der Waals surface area contributed by atoms with Gasteiger partial charge in [-0.25, -0.2) is 0 Å². The number of hydrogen-bond acceptors (Lipinski definition) is 6. The topological polar surface area (TPSA) is 50.3 Å². The number of allylic oxidation sites excluding steroid dienone is 5. The molecule has 2 heterocycles. The van der Waals surface area contributed by atoms with Crippen LogP contribution in [0, 0.1) is 0 Å². The number of likely N-dealkylation sites (N-methyl/N-ethyl adjacent to an activating group) is 2. The second-order valence-corrected chi connectivity index (χ2v) is 8.78. The van der Waals surface area contributed by atoms with Crippen LogP contribution in [-0.2, 0) is 9.59 Å². The fourth-order valence-corrected chi connectivity index (χ4v) is 4.02. The highest BCUT2D eigenvalue weighted by atomic mass is 32.1. The van der Waals surface area contributed by atoms with Crippen LogP contribution in [0.2, 0.25) is 0 Å². The molecule has 2 aliphatic heterocycles. The smallest absolute Gasteiger partial charge is 0.266 e. The van der Waals surface area contributed by atoms with Gasteiger partial charge in [0.15, 0.2) is 5.11 Å². The van der Waals surface area contributed by atoms with Crippen molar-refractivity contribution < 1.29 is 9.59 Å². The van der Waals surface area contributed by atoms with Crippen LogP contribution in [0.5, 0.6) is 0 Å². The van der Waals surface area contributed by atoms with E-state index in [2.05, 4.69) is 11.8 Å². The highest BCUT2D eigenvalue weighted by Crippen LogP contribution is 2.30. The summed E-state index contributed by atoms with van der Waals surface area (Å²) >= 11 is 5.42. The lowest BCUT2D eigenvalue weighted by atomic mass is 9.97. The normalized spacial score (nSPS) is 17.5. The first kappa shape index (κ1) is 26.4. The molecule has 0 unspecified atom stereocenters. The molecule has 0 bridgehead atoms. The van der Waals surface area contributed by atoms with Crippen molar-refractivity contribution in [2.24, 2.45) is 0 Å². The molecule has 1 fully saturated rings. The molecule has 2 amide bonds.